The van der Waals surface area contributed by atoms with E-state index in [1.54, 1.807) is 0 Å². The first-order valence-corrected chi connectivity index (χ1v) is 6.14. The summed E-state index contributed by atoms with van der Waals surface area (Å²) < 4.78 is 0. The number of unbranched alkanes of at least 4 members (excludes halogenated alkanes) is 1. The molecule has 1 aromatic rings. The highest BCUT2D eigenvalue weighted by Gasteiger charge is 1.94. The second-order valence-corrected chi connectivity index (χ2v) is 4.31. The molecule has 0 saturated carbocycles. The lowest BCUT2D eigenvalue weighted by Crippen LogP contribution is -2.06. The number of amides is 1. The first-order valence-electron chi connectivity index (χ1n) is 6.14. The van der Waals surface area contributed by atoms with E-state index in [1.807, 2.05) is 32.0 Å². The van der Waals surface area contributed by atoms with Crippen molar-refractivity contribution in [3.63, 3.8) is 0 Å². The van der Waals surface area contributed by atoms with Crippen molar-refractivity contribution in [3.8, 4) is 0 Å². The smallest absolute Gasteiger partial charge is 0.211 e. The zero-order valence-electron chi connectivity index (χ0n) is 11.1. The molecule has 1 amide bonds. The third kappa shape index (κ3) is 9.57. The maximum atomic E-state index is 10.2. The van der Waals surface area contributed by atoms with Gasteiger partial charge < -0.3 is 11.1 Å². The third-order valence-electron chi connectivity index (χ3n) is 1.97. The van der Waals surface area contributed by atoms with Crippen LogP contribution in [0.15, 0.2) is 24.3 Å². The molecule has 0 saturated heterocycles. The molecule has 0 aliphatic carbocycles. The van der Waals surface area contributed by atoms with Gasteiger partial charge in [-0.05, 0) is 36.6 Å². The quantitative estimate of drug-likeness (QED) is 0.772. The highest BCUT2D eigenvalue weighted by atomic mass is 16.1. The highest BCUT2D eigenvalue weighted by Crippen LogP contribution is 2.11. The molecule has 0 atom stereocenters. The summed E-state index contributed by atoms with van der Waals surface area (Å²) in [7, 11) is 0. The van der Waals surface area contributed by atoms with Crippen molar-refractivity contribution in [2.45, 2.75) is 46.1 Å². The topological polar surface area (TPSA) is 55.1 Å². The Morgan fingerprint density at radius 3 is 2.59 bits per heavy atom. The number of hydrogen-bond donors (Lipinski definition) is 2. The van der Waals surface area contributed by atoms with Crippen molar-refractivity contribution in [1.82, 2.24) is 0 Å². The van der Waals surface area contributed by atoms with Crippen LogP contribution < -0.4 is 11.1 Å². The first kappa shape index (κ1) is 15.7. The van der Waals surface area contributed by atoms with E-state index in [4.69, 9.17) is 5.73 Å². The Kier molecular flexibility index (Phi) is 9.06. The lowest BCUT2D eigenvalue weighted by Gasteiger charge is -2.02. The van der Waals surface area contributed by atoms with E-state index in [2.05, 4.69) is 18.3 Å². The number of carbonyl (C=O) groups is 1. The van der Waals surface area contributed by atoms with Crippen molar-refractivity contribution in [1.29, 1.82) is 0 Å². The molecule has 1 rings (SSSR count). The standard InChI is InChI=1S/C11H15NO.C3H9N/c1-2-3-5-10-6-4-7-11(8-10)12-9-13;1-3(2)4/h4,6-9H,2-3,5H2,1H3,(H,12,13);3H,4H2,1-2H3. The Bertz CT molecular complexity index is 308. The van der Waals surface area contributed by atoms with Crippen molar-refractivity contribution in [2.75, 3.05) is 5.32 Å². The maximum absolute atomic E-state index is 10.2. The molecule has 17 heavy (non-hydrogen) atoms. The van der Waals surface area contributed by atoms with E-state index in [1.165, 1.54) is 18.4 Å². The summed E-state index contributed by atoms with van der Waals surface area (Å²) in [6, 6.07) is 8.30. The van der Waals surface area contributed by atoms with E-state index >= 15 is 0 Å². The van der Waals surface area contributed by atoms with Gasteiger partial charge in [0.05, 0.1) is 0 Å². The fraction of sp³-hybridized carbons (Fsp3) is 0.500. The van der Waals surface area contributed by atoms with Crippen molar-refractivity contribution in [2.24, 2.45) is 5.73 Å². The average molecular weight is 236 g/mol. The number of anilines is 1. The van der Waals surface area contributed by atoms with Crippen LogP contribution in [0.4, 0.5) is 5.69 Å². The molecule has 0 spiro atoms. The van der Waals surface area contributed by atoms with Crippen LogP contribution in [0.1, 0.15) is 39.2 Å². The zero-order chi connectivity index (χ0) is 13.1. The van der Waals surface area contributed by atoms with Gasteiger partial charge in [-0.15, -0.1) is 0 Å². The second-order valence-electron chi connectivity index (χ2n) is 4.31. The summed E-state index contributed by atoms with van der Waals surface area (Å²) >= 11 is 0. The third-order valence-corrected chi connectivity index (χ3v) is 1.97. The molecule has 0 heterocycles. The predicted molar refractivity (Wildman–Crippen MR) is 74.1 cm³/mol. The van der Waals surface area contributed by atoms with Gasteiger partial charge in [-0.2, -0.15) is 0 Å². The minimum absolute atomic E-state index is 0.333. The van der Waals surface area contributed by atoms with Crippen LogP contribution >= 0.6 is 0 Å². The molecule has 0 unspecified atom stereocenters. The Hall–Kier alpha value is -1.35. The summed E-state index contributed by atoms with van der Waals surface area (Å²) in [5.74, 6) is 0. The van der Waals surface area contributed by atoms with Crippen LogP contribution in [-0.4, -0.2) is 12.5 Å². The largest absolute Gasteiger partial charge is 0.329 e. The van der Waals surface area contributed by atoms with Gasteiger partial charge in [0.2, 0.25) is 6.41 Å². The highest BCUT2D eigenvalue weighted by molar-refractivity contribution is 5.71. The van der Waals surface area contributed by atoms with Crippen LogP contribution in [0.3, 0.4) is 0 Å². The number of nitrogens with one attached hydrogen (secondary N) is 1. The van der Waals surface area contributed by atoms with Crippen LogP contribution in [0.5, 0.6) is 0 Å². The fourth-order valence-corrected chi connectivity index (χ4v) is 1.27. The van der Waals surface area contributed by atoms with Crippen molar-refractivity contribution >= 4 is 12.1 Å². The van der Waals surface area contributed by atoms with Crippen molar-refractivity contribution < 1.29 is 4.79 Å². The Balaban J connectivity index is 0.000000557. The van der Waals surface area contributed by atoms with E-state index in [0.29, 0.717) is 12.5 Å². The van der Waals surface area contributed by atoms with Gasteiger partial charge in [0.15, 0.2) is 0 Å². The van der Waals surface area contributed by atoms with Gasteiger partial charge in [0.1, 0.15) is 0 Å². The van der Waals surface area contributed by atoms with E-state index in [-0.39, 0.29) is 0 Å². The summed E-state index contributed by atoms with van der Waals surface area (Å²) in [6.45, 7) is 6.06. The Morgan fingerprint density at radius 1 is 1.41 bits per heavy atom. The van der Waals surface area contributed by atoms with Gasteiger partial charge >= 0.3 is 0 Å². The SMILES string of the molecule is CC(C)N.CCCCc1cccc(NC=O)c1. The molecule has 0 fully saturated rings. The lowest BCUT2D eigenvalue weighted by molar-refractivity contribution is -0.105. The number of benzene rings is 1. The van der Waals surface area contributed by atoms with Crippen LogP contribution in [-0.2, 0) is 11.2 Å². The van der Waals surface area contributed by atoms with E-state index in [0.717, 1.165) is 12.1 Å². The van der Waals surface area contributed by atoms with E-state index < -0.39 is 0 Å². The molecule has 0 aliphatic rings. The first-order chi connectivity index (χ1) is 8.10. The van der Waals surface area contributed by atoms with Gasteiger partial charge in [-0.3, -0.25) is 4.79 Å². The second kappa shape index (κ2) is 9.85. The molecule has 0 aliphatic heterocycles. The van der Waals surface area contributed by atoms with Gasteiger partial charge in [0.25, 0.3) is 0 Å². The number of rotatable bonds is 5. The summed E-state index contributed by atoms with van der Waals surface area (Å²) in [6.07, 6.45) is 4.19. The molecule has 0 bridgehead atoms. The van der Waals surface area contributed by atoms with Gasteiger partial charge in [-0.1, -0.05) is 39.3 Å². The van der Waals surface area contributed by atoms with Crippen molar-refractivity contribution in [3.05, 3.63) is 29.8 Å². The monoisotopic (exact) mass is 236 g/mol. The fourth-order valence-electron chi connectivity index (χ4n) is 1.27. The molecule has 0 aromatic heterocycles. The number of carbonyl (C=O) groups excluding carboxylic acids is 1. The average Bonchev–Trinajstić information content (AvgIpc) is 2.27. The van der Waals surface area contributed by atoms with Crippen LogP contribution in [0.2, 0.25) is 0 Å². The summed E-state index contributed by atoms with van der Waals surface area (Å²) in [5, 5.41) is 2.64. The lowest BCUT2D eigenvalue weighted by atomic mass is 10.1. The van der Waals surface area contributed by atoms with E-state index in [9.17, 15) is 4.79 Å². The minimum atomic E-state index is 0.333. The maximum Gasteiger partial charge on any atom is 0.211 e. The Morgan fingerprint density at radius 2 is 2.06 bits per heavy atom. The number of hydrogen-bond acceptors (Lipinski definition) is 2. The normalized spacial score (nSPS) is 9.47. The Labute approximate surface area is 104 Å². The molecular weight excluding hydrogens is 212 g/mol. The molecular formula is C14H24N2O. The minimum Gasteiger partial charge on any atom is -0.329 e. The predicted octanol–water partition coefficient (Wildman–Crippen LogP) is 2.95. The zero-order valence-corrected chi connectivity index (χ0v) is 11.1. The molecule has 1 aromatic carbocycles. The van der Waals surface area contributed by atoms with Gasteiger partial charge in [-0.25, -0.2) is 0 Å². The molecule has 3 heteroatoms. The summed E-state index contributed by atoms with van der Waals surface area (Å²) in [4.78, 5) is 10.2. The number of nitrogens with two attached hydrogens (primary N) is 1. The van der Waals surface area contributed by atoms with Gasteiger partial charge in [0, 0.05) is 5.69 Å². The number of aryl methyl sites for hydroxylation is 1. The van der Waals surface area contributed by atoms with Crippen LogP contribution in [0.25, 0.3) is 0 Å². The summed E-state index contributed by atoms with van der Waals surface area (Å²) in [5.41, 5.74) is 7.28. The molecule has 3 nitrogen and oxygen atoms in total. The molecule has 96 valence electrons. The molecule has 0 radical (unpaired) electrons. The van der Waals surface area contributed by atoms with Crippen LogP contribution in [0, 0.1) is 0 Å². The molecule has 3 N–H and O–H groups in total.